The van der Waals surface area contributed by atoms with Gasteiger partial charge in [0, 0.05) is 24.4 Å². The Bertz CT molecular complexity index is 824. The Morgan fingerprint density at radius 3 is 2.36 bits per heavy atom. The number of rotatable bonds is 6. The first-order valence-electron chi connectivity index (χ1n) is 8.39. The maximum atomic E-state index is 12.1. The van der Waals surface area contributed by atoms with E-state index in [-0.39, 0.29) is 11.8 Å². The van der Waals surface area contributed by atoms with E-state index >= 15 is 0 Å². The molecule has 1 amide bonds. The molecule has 5 heteroatoms. The summed E-state index contributed by atoms with van der Waals surface area (Å²) in [6.07, 6.45) is 0.744. The van der Waals surface area contributed by atoms with Crippen molar-refractivity contribution in [2.45, 2.75) is 32.6 Å². The summed E-state index contributed by atoms with van der Waals surface area (Å²) < 4.78 is 5.15. The highest BCUT2D eigenvalue weighted by molar-refractivity contribution is 5.91. The Balaban J connectivity index is 1.54. The Kier molecular flexibility index (Phi) is 5.23. The molecule has 1 heterocycles. The van der Waals surface area contributed by atoms with Gasteiger partial charge in [-0.1, -0.05) is 61.5 Å². The molecule has 3 rings (SSSR count). The van der Waals surface area contributed by atoms with E-state index < -0.39 is 0 Å². The minimum Gasteiger partial charge on any atom is -0.339 e. The van der Waals surface area contributed by atoms with Crippen LogP contribution in [0.2, 0.25) is 0 Å². The van der Waals surface area contributed by atoms with Crippen LogP contribution in [0.25, 0.3) is 11.1 Å². The molecule has 0 aliphatic heterocycles. The molecule has 2 aromatic carbocycles. The molecule has 3 aromatic rings. The second-order valence-electron chi connectivity index (χ2n) is 6.19. The van der Waals surface area contributed by atoms with E-state index in [1.807, 2.05) is 56.3 Å². The molecule has 1 aromatic heterocycles. The van der Waals surface area contributed by atoms with Crippen molar-refractivity contribution in [2.24, 2.45) is 0 Å². The molecule has 128 valence electrons. The molecule has 0 fully saturated rings. The standard InChI is InChI=1S/C20H21N3O2/c1-14(2)20-22-19(25-23-20)13-12-18(24)21-17-10-8-16(9-11-17)15-6-4-3-5-7-15/h3-11,14H,12-13H2,1-2H3,(H,21,24). The largest absolute Gasteiger partial charge is 0.339 e. The third-order valence-electron chi connectivity index (χ3n) is 3.84. The van der Waals surface area contributed by atoms with Gasteiger partial charge in [0.1, 0.15) is 0 Å². The number of nitrogens with one attached hydrogen (secondary N) is 1. The fraction of sp³-hybridized carbons (Fsp3) is 0.250. The lowest BCUT2D eigenvalue weighted by Gasteiger charge is -2.06. The minimum atomic E-state index is -0.0724. The number of nitrogens with zero attached hydrogens (tertiary/aromatic N) is 2. The molecule has 0 atom stereocenters. The number of hydrogen-bond acceptors (Lipinski definition) is 4. The van der Waals surface area contributed by atoms with Gasteiger partial charge >= 0.3 is 0 Å². The zero-order valence-corrected chi connectivity index (χ0v) is 14.4. The van der Waals surface area contributed by atoms with E-state index in [1.165, 1.54) is 0 Å². The lowest BCUT2D eigenvalue weighted by Crippen LogP contribution is -2.12. The van der Waals surface area contributed by atoms with Crippen LogP contribution >= 0.6 is 0 Å². The van der Waals surface area contributed by atoms with Gasteiger partial charge in [0.2, 0.25) is 11.8 Å². The molecule has 0 saturated carbocycles. The molecule has 0 unspecified atom stereocenters. The molecule has 0 aliphatic carbocycles. The topological polar surface area (TPSA) is 68.0 Å². The van der Waals surface area contributed by atoms with Gasteiger partial charge in [0.15, 0.2) is 5.82 Å². The summed E-state index contributed by atoms with van der Waals surface area (Å²) in [4.78, 5) is 16.4. The van der Waals surface area contributed by atoms with E-state index in [0.717, 1.165) is 16.8 Å². The number of anilines is 1. The lowest BCUT2D eigenvalue weighted by molar-refractivity contribution is -0.116. The zero-order valence-electron chi connectivity index (χ0n) is 14.4. The molecule has 25 heavy (non-hydrogen) atoms. The van der Waals surface area contributed by atoms with Gasteiger partial charge in [-0.25, -0.2) is 0 Å². The van der Waals surface area contributed by atoms with Crippen LogP contribution < -0.4 is 5.32 Å². The summed E-state index contributed by atoms with van der Waals surface area (Å²) >= 11 is 0. The third-order valence-corrected chi connectivity index (χ3v) is 3.84. The number of amides is 1. The zero-order chi connectivity index (χ0) is 17.6. The Labute approximate surface area is 147 Å². The average Bonchev–Trinajstić information content (AvgIpc) is 3.11. The highest BCUT2D eigenvalue weighted by Crippen LogP contribution is 2.21. The van der Waals surface area contributed by atoms with Crippen LogP contribution in [0, 0.1) is 0 Å². The van der Waals surface area contributed by atoms with Crippen molar-refractivity contribution in [3.63, 3.8) is 0 Å². The van der Waals surface area contributed by atoms with Crippen LogP contribution in [0.4, 0.5) is 5.69 Å². The normalized spacial score (nSPS) is 10.8. The second-order valence-corrected chi connectivity index (χ2v) is 6.19. The van der Waals surface area contributed by atoms with E-state index in [0.29, 0.717) is 24.6 Å². The maximum Gasteiger partial charge on any atom is 0.227 e. The fourth-order valence-electron chi connectivity index (χ4n) is 2.42. The van der Waals surface area contributed by atoms with Gasteiger partial charge in [-0.15, -0.1) is 0 Å². The summed E-state index contributed by atoms with van der Waals surface area (Å²) in [5.74, 6) is 1.32. The molecular weight excluding hydrogens is 314 g/mol. The summed E-state index contributed by atoms with van der Waals surface area (Å²) in [5.41, 5.74) is 3.04. The minimum absolute atomic E-state index is 0.0724. The van der Waals surface area contributed by atoms with Gasteiger partial charge in [-0.3, -0.25) is 4.79 Å². The highest BCUT2D eigenvalue weighted by Gasteiger charge is 2.11. The van der Waals surface area contributed by atoms with Crippen LogP contribution in [0.5, 0.6) is 0 Å². The van der Waals surface area contributed by atoms with Crippen molar-refractivity contribution in [1.29, 1.82) is 0 Å². The molecular formula is C20H21N3O2. The third kappa shape index (κ3) is 4.53. The molecule has 5 nitrogen and oxygen atoms in total. The van der Waals surface area contributed by atoms with E-state index in [4.69, 9.17) is 4.52 Å². The monoisotopic (exact) mass is 335 g/mol. The summed E-state index contributed by atoms with van der Waals surface area (Å²) in [5, 5.41) is 6.79. The van der Waals surface area contributed by atoms with Crippen molar-refractivity contribution in [2.75, 3.05) is 5.32 Å². The molecule has 0 aliphatic rings. The SMILES string of the molecule is CC(C)c1noc(CCC(=O)Nc2ccc(-c3ccccc3)cc2)n1. The van der Waals surface area contributed by atoms with Crippen LogP contribution in [0.15, 0.2) is 59.1 Å². The van der Waals surface area contributed by atoms with Gasteiger partial charge in [-0.05, 0) is 23.3 Å². The number of aromatic nitrogens is 2. The summed E-state index contributed by atoms with van der Waals surface area (Å²) in [6, 6.07) is 17.9. The van der Waals surface area contributed by atoms with Gasteiger partial charge < -0.3 is 9.84 Å². The van der Waals surface area contributed by atoms with Crippen molar-refractivity contribution in [3.05, 3.63) is 66.3 Å². The Morgan fingerprint density at radius 2 is 1.72 bits per heavy atom. The Morgan fingerprint density at radius 1 is 1.04 bits per heavy atom. The number of carbonyl (C=O) groups excluding carboxylic acids is 1. The van der Waals surface area contributed by atoms with Crippen LogP contribution in [0.1, 0.15) is 37.9 Å². The van der Waals surface area contributed by atoms with Crippen LogP contribution in [-0.4, -0.2) is 16.0 Å². The maximum absolute atomic E-state index is 12.1. The van der Waals surface area contributed by atoms with E-state index in [9.17, 15) is 4.79 Å². The van der Waals surface area contributed by atoms with E-state index in [2.05, 4.69) is 27.6 Å². The predicted octanol–water partition coefficient (Wildman–Crippen LogP) is 4.43. The number of carbonyl (C=O) groups is 1. The van der Waals surface area contributed by atoms with Gasteiger partial charge in [-0.2, -0.15) is 4.98 Å². The Hall–Kier alpha value is -2.95. The van der Waals surface area contributed by atoms with Crippen molar-refractivity contribution >= 4 is 11.6 Å². The highest BCUT2D eigenvalue weighted by atomic mass is 16.5. The molecule has 1 N–H and O–H groups in total. The van der Waals surface area contributed by atoms with Gasteiger partial charge in [0.25, 0.3) is 0 Å². The predicted molar refractivity (Wildman–Crippen MR) is 97.2 cm³/mol. The first-order valence-corrected chi connectivity index (χ1v) is 8.39. The first-order chi connectivity index (χ1) is 12.1. The number of aryl methyl sites for hydroxylation is 1. The quantitative estimate of drug-likeness (QED) is 0.723. The van der Waals surface area contributed by atoms with Crippen LogP contribution in [-0.2, 0) is 11.2 Å². The summed E-state index contributed by atoms with van der Waals surface area (Å²) in [6.45, 7) is 4.00. The average molecular weight is 335 g/mol. The van der Waals surface area contributed by atoms with E-state index in [1.54, 1.807) is 0 Å². The molecule has 0 radical (unpaired) electrons. The first kappa shape index (κ1) is 16.9. The van der Waals surface area contributed by atoms with Gasteiger partial charge in [0.05, 0.1) is 0 Å². The number of benzene rings is 2. The fourth-order valence-corrected chi connectivity index (χ4v) is 2.42. The molecule has 0 bridgehead atoms. The smallest absolute Gasteiger partial charge is 0.227 e. The van der Waals surface area contributed by atoms with Crippen molar-refractivity contribution in [1.82, 2.24) is 10.1 Å². The van der Waals surface area contributed by atoms with Crippen LogP contribution in [0.3, 0.4) is 0 Å². The van der Waals surface area contributed by atoms with Crippen molar-refractivity contribution in [3.8, 4) is 11.1 Å². The lowest BCUT2D eigenvalue weighted by atomic mass is 10.1. The number of hydrogen-bond donors (Lipinski definition) is 1. The second kappa shape index (κ2) is 7.75. The molecule has 0 spiro atoms. The summed E-state index contributed by atoms with van der Waals surface area (Å²) in [7, 11) is 0. The van der Waals surface area contributed by atoms with Crippen molar-refractivity contribution < 1.29 is 9.32 Å². The molecule has 0 saturated heterocycles.